The number of anilines is 1. The molecular formula is C13H18N4O. The molecule has 3 N–H and O–H groups in total. The largest absolute Gasteiger partial charge is 0.335 e. The monoisotopic (exact) mass is 246 g/mol. The molecule has 0 bridgehead atoms. The number of carbonyl (C=O) groups is 1. The molecule has 0 unspecified atom stereocenters. The average molecular weight is 246 g/mol. The Labute approximate surface area is 106 Å². The summed E-state index contributed by atoms with van der Waals surface area (Å²) < 4.78 is 0. The number of benzene rings is 1. The highest BCUT2D eigenvalue weighted by Crippen LogP contribution is 2.16. The van der Waals surface area contributed by atoms with Gasteiger partial charge in [0, 0.05) is 17.1 Å². The number of hydrogen-bond acceptors (Lipinski definition) is 2. The van der Waals surface area contributed by atoms with Gasteiger partial charge < -0.3 is 10.6 Å². The van der Waals surface area contributed by atoms with Crippen LogP contribution in [0.1, 0.15) is 26.7 Å². The number of urea groups is 1. The fourth-order valence-electron chi connectivity index (χ4n) is 1.86. The Bertz CT molecular complexity index is 531. The first-order valence-corrected chi connectivity index (χ1v) is 6.23. The Hall–Kier alpha value is -2.04. The van der Waals surface area contributed by atoms with Crippen LogP contribution in [0.4, 0.5) is 10.5 Å². The molecular weight excluding hydrogens is 228 g/mol. The van der Waals surface area contributed by atoms with Crippen molar-refractivity contribution in [3.8, 4) is 0 Å². The summed E-state index contributed by atoms with van der Waals surface area (Å²) in [5.74, 6) is 0. The van der Waals surface area contributed by atoms with E-state index in [1.807, 2.05) is 18.2 Å². The second kappa shape index (κ2) is 5.53. The number of fused-ring (bicyclic) bond motifs is 1. The molecule has 2 aromatic rings. The van der Waals surface area contributed by atoms with Crippen LogP contribution >= 0.6 is 0 Å². The normalized spacial score (nSPS) is 10.8. The molecule has 2 rings (SSSR count). The standard InChI is InChI=1S/C13H18N4O/c1-3-10(4-2)15-13(18)16-11-6-5-9-8-14-17-12(9)7-11/h5-8,10H,3-4H2,1-2H3,(H,14,17)(H2,15,16,18). The van der Waals surface area contributed by atoms with Crippen molar-refractivity contribution >= 4 is 22.6 Å². The van der Waals surface area contributed by atoms with Crippen LogP contribution < -0.4 is 10.6 Å². The summed E-state index contributed by atoms with van der Waals surface area (Å²) in [5.41, 5.74) is 1.67. The Morgan fingerprint density at radius 3 is 2.89 bits per heavy atom. The summed E-state index contributed by atoms with van der Waals surface area (Å²) in [6.07, 6.45) is 3.62. The first-order valence-electron chi connectivity index (χ1n) is 6.23. The van der Waals surface area contributed by atoms with Crippen molar-refractivity contribution < 1.29 is 4.79 Å². The van der Waals surface area contributed by atoms with Crippen molar-refractivity contribution in [1.82, 2.24) is 15.5 Å². The van der Waals surface area contributed by atoms with E-state index in [1.165, 1.54) is 0 Å². The maximum Gasteiger partial charge on any atom is 0.319 e. The van der Waals surface area contributed by atoms with Gasteiger partial charge in [0.1, 0.15) is 0 Å². The fourth-order valence-corrected chi connectivity index (χ4v) is 1.86. The minimum absolute atomic E-state index is 0.164. The highest BCUT2D eigenvalue weighted by Gasteiger charge is 2.08. The smallest absolute Gasteiger partial charge is 0.319 e. The molecule has 1 heterocycles. The van der Waals surface area contributed by atoms with E-state index in [2.05, 4.69) is 34.7 Å². The quantitative estimate of drug-likeness (QED) is 0.776. The van der Waals surface area contributed by atoms with Gasteiger partial charge in [0.15, 0.2) is 0 Å². The number of rotatable bonds is 4. The fraction of sp³-hybridized carbons (Fsp3) is 0.385. The van der Waals surface area contributed by atoms with E-state index in [0.29, 0.717) is 0 Å². The Morgan fingerprint density at radius 1 is 1.39 bits per heavy atom. The molecule has 2 amide bonds. The summed E-state index contributed by atoms with van der Waals surface area (Å²) in [6.45, 7) is 4.12. The van der Waals surface area contributed by atoms with Gasteiger partial charge in [-0.25, -0.2) is 4.79 Å². The second-order valence-electron chi connectivity index (χ2n) is 4.28. The molecule has 0 atom stereocenters. The van der Waals surface area contributed by atoms with E-state index in [9.17, 15) is 4.79 Å². The third-order valence-electron chi connectivity index (χ3n) is 3.02. The van der Waals surface area contributed by atoms with Crippen LogP contribution in [0.25, 0.3) is 10.9 Å². The van der Waals surface area contributed by atoms with Crippen LogP contribution in [0.5, 0.6) is 0 Å². The molecule has 0 aliphatic carbocycles. The van der Waals surface area contributed by atoms with Crippen molar-refractivity contribution in [3.63, 3.8) is 0 Å². The molecule has 0 saturated heterocycles. The molecule has 0 fully saturated rings. The van der Waals surface area contributed by atoms with Gasteiger partial charge in [-0.15, -0.1) is 0 Å². The topological polar surface area (TPSA) is 69.8 Å². The number of nitrogens with zero attached hydrogens (tertiary/aromatic N) is 1. The third kappa shape index (κ3) is 2.80. The number of hydrogen-bond donors (Lipinski definition) is 3. The van der Waals surface area contributed by atoms with E-state index in [1.54, 1.807) is 6.20 Å². The first-order chi connectivity index (χ1) is 8.72. The zero-order valence-electron chi connectivity index (χ0n) is 10.7. The number of carbonyl (C=O) groups excluding carboxylic acids is 1. The minimum atomic E-state index is -0.164. The SMILES string of the molecule is CCC(CC)NC(=O)Nc1ccc2cn[nH]c2c1. The average Bonchev–Trinajstić information content (AvgIpc) is 2.83. The van der Waals surface area contributed by atoms with E-state index in [-0.39, 0.29) is 12.1 Å². The minimum Gasteiger partial charge on any atom is -0.335 e. The van der Waals surface area contributed by atoms with Crippen LogP contribution in [0, 0.1) is 0 Å². The van der Waals surface area contributed by atoms with Gasteiger partial charge >= 0.3 is 6.03 Å². The van der Waals surface area contributed by atoms with Gasteiger partial charge in [-0.1, -0.05) is 13.8 Å². The van der Waals surface area contributed by atoms with E-state index in [0.717, 1.165) is 29.4 Å². The van der Waals surface area contributed by atoms with Gasteiger partial charge in [-0.2, -0.15) is 5.10 Å². The Kier molecular flexibility index (Phi) is 3.82. The van der Waals surface area contributed by atoms with E-state index in [4.69, 9.17) is 0 Å². The van der Waals surface area contributed by atoms with Gasteiger partial charge in [0.25, 0.3) is 0 Å². The number of aromatic amines is 1. The third-order valence-corrected chi connectivity index (χ3v) is 3.02. The zero-order chi connectivity index (χ0) is 13.0. The van der Waals surface area contributed by atoms with E-state index < -0.39 is 0 Å². The number of aromatic nitrogens is 2. The Balaban J connectivity index is 2.01. The predicted molar refractivity (Wildman–Crippen MR) is 72.6 cm³/mol. The Morgan fingerprint density at radius 2 is 2.17 bits per heavy atom. The number of amides is 2. The van der Waals surface area contributed by atoms with Crippen LogP contribution in [-0.4, -0.2) is 22.3 Å². The highest BCUT2D eigenvalue weighted by molar-refractivity contribution is 5.92. The molecule has 18 heavy (non-hydrogen) atoms. The molecule has 1 aromatic carbocycles. The maximum atomic E-state index is 11.8. The first kappa shape index (κ1) is 12.4. The van der Waals surface area contributed by atoms with Crippen molar-refractivity contribution in [2.75, 3.05) is 5.32 Å². The van der Waals surface area contributed by atoms with Crippen LogP contribution in [0.3, 0.4) is 0 Å². The number of H-pyrrole nitrogens is 1. The lowest BCUT2D eigenvalue weighted by molar-refractivity contribution is 0.247. The predicted octanol–water partition coefficient (Wildman–Crippen LogP) is 2.87. The van der Waals surface area contributed by atoms with Crippen LogP contribution in [0.15, 0.2) is 24.4 Å². The molecule has 0 saturated carbocycles. The summed E-state index contributed by atoms with van der Waals surface area (Å²) in [6, 6.07) is 5.72. The summed E-state index contributed by atoms with van der Waals surface area (Å²) >= 11 is 0. The number of nitrogens with one attached hydrogen (secondary N) is 3. The molecule has 0 radical (unpaired) electrons. The molecule has 5 nitrogen and oxygen atoms in total. The van der Waals surface area contributed by atoms with Gasteiger partial charge in [-0.05, 0) is 31.0 Å². The molecule has 1 aromatic heterocycles. The van der Waals surface area contributed by atoms with Gasteiger partial charge in [0.05, 0.1) is 11.7 Å². The lowest BCUT2D eigenvalue weighted by Crippen LogP contribution is -2.37. The van der Waals surface area contributed by atoms with E-state index >= 15 is 0 Å². The van der Waals surface area contributed by atoms with Crippen molar-refractivity contribution in [1.29, 1.82) is 0 Å². The molecule has 0 aliphatic heterocycles. The lowest BCUT2D eigenvalue weighted by Gasteiger charge is -2.15. The molecule has 5 heteroatoms. The molecule has 96 valence electrons. The van der Waals surface area contributed by atoms with Gasteiger partial charge in [-0.3, -0.25) is 5.10 Å². The summed E-state index contributed by atoms with van der Waals surface area (Å²) in [4.78, 5) is 11.8. The lowest BCUT2D eigenvalue weighted by atomic mass is 10.2. The molecule has 0 spiro atoms. The summed E-state index contributed by atoms with van der Waals surface area (Å²) in [5, 5.41) is 13.6. The van der Waals surface area contributed by atoms with Crippen molar-refractivity contribution in [3.05, 3.63) is 24.4 Å². The van der Waals surface area contributed by atoms with Gasteiger partial charge in [0.2, 0.25) is 0 Å². The van der Waals surface area contributed by atoms with Crippen molar-refractivity contribution in [2.24, 2.45) is 0 Å². The second-order valence-corrected chi connectivity index (χ2v) is 4.28. The van der Waals surface area contributed by atoms with Crippen LogP contribution in [0.2, 0.25) is 0 Å². The van der Waals surface area contributed by atoms with Crippen molar-refractivity contribution in [2.45, 2.75) is 32.7 Å². The van der Waals surface area contributed by atoms with Crippen LogP contribution in [-0.2, 0) is 0 Å². The summed E-state index contributed by atoms with van der Waals surface area (Å²) in [7, 11) is 0. The maximum absolute atomic E-state index is 11.8. The highest BCUT2D eigenvalue weighted by atomic mass is 16.2. The zero-order valence-corrected chi connectivity index (χ0v) is 10.7. The molecule has 0 aliphatic rings.